The van der Waals surface area contributed by atoms with E-state index in [1.54, 1.807) is 0 Å². The first-order valence-electron chi connectivity index (χ1n) is 4.93. The average Bonchev–Trinajstić information content (AvgIpc) is 2.01. The van der Waals surface area contributed by atoms with Gasteiger partial charge in [-0.2, -0.15) is 0 Å². The van der Waals surface area contributed by atoms with Crippen molar-refractivity contribution >= 4 is 0 Å². The third kappa shape index (κ3) is 2.26. The van der Waals surface area contributed by atoms with E-state index in [4.69, 9.17) is 0 Å². The number of hydrogen-bond acceptors (Lipinski definition) is 1. The summed E-state index contributed by atoms with van der Waals surface area (Å²) in [5.74, 6) is 0.408. The molecule has 2 nitrogen and oxygen atoms in total. The van der Waals surface area contributed by atoms with Crippen molar-refractivity contribution in [3.8, 4) is 5.75 Å². The Morgan fingerprint density at radius 2 is 1.79 bits per heavy atom. The van der Waals surface area contributed by atoms with E-state index < -0.39 is 0 Å². The number of phenols is 1. The van der Waals surface area contributed by atoms with Crippen LogP contribution in [-0.4, -0.2) is 30.7 Å². The molecule has 0 amide bonds. The van der Waals surface area contributed by atoms with Gasteiger partial charge in [0.2, 0.25) is 0 Å². The molecule has 0 aromatic heterocycles. The van der Waals surface area contributed by atoms with Crippen molar-refractivity contribution < 1.29 is 9.59 Å². The maximum absolute atomic E-state index is 9.82. The van der Waals surface area contributed by atoms with Gasteiger partial charge >= 0.3 is 0 Å². The van der Waals surface area contributed by atoms with Gasteiger partial charge in [-0.1, -0.05) is 6.07 Å². The predicted molar refractivity (Wildman–Crippen MR) is 59.3 cm³/mol. The zero-order valence-corrected chi connectivity index (χ0v) is 9.70. The molecule has 0 aliphatic carbocycles. The molecule has 2 heteroatoms. The molecule has 0 aliphatic heterocycles. The summed E-state index contributed by atoms with van der Waals surface area (Å²) in [6.45, 7) is 4.12. The molecule has 1 N–H and O–H groups in total. The Hall–Kier alpha value is -1.02. The molecule has 1 atom stereocenters. The Morgan fingerprint density at radius 1 is 1.21 bits per heavy atom. The van der Waals surface area contributed by atoms with E-state index in [9.17, 15) is 5.11 Å². The number of hydrogen-bond donors (Lipinski definition) is 1. The van der Waals surface area contributed by atoms with Gasteiger partial charge in [0.15, 0.2) is 0 Å². The van der Waals surface area contributed by atoms with Gasteiger partial charge in [-0.25, -0.2) is 0 Å². The number of rotatable bonds is 2. The van der Waals surface area contributed by atoms with Crippen LogP contribution < -0.4 is 0 Å². The predicted octanol–water partition coefficient (Wildman–Crippen LogP) is 2.47. The van der Waals surface area contributed by atoms with Crippen molar-refractivity contribution in [3.05, 3.63) is 29.3 Å². The Balaban J connectivity index is 3.08. The van der Waals surface area contributed by atoms with Crippen molar-refractivity contribution in [2.45, 2.75) is 19.9 Å². The van der Waals surface area contributed by atoms with Gasteiger partial charge < -0.3 is 9.59 Å². The van der Waals surface area contributed by atoms with Crippen LogP contribution in [0.2, 0.25) is 0 Å². The minimum Gasteiger partial charge on any atom is -0.507 e. The standard InChI is InChI=1S/C12H19NO/c1-9-6-7-11(12(14)8-9)10(2)13(3,4)5/h6-8,10H,1-5H3/p+1. The lowest BCUT2D eigenvalue weighted by molar-refractivity contribution is -0.900. The molecular formula is C12H20NO+. The minimum absolute atomic E-state index is 0.301. The topological polar surface area (TPSA) is 20.2 Å². The first kappa shape index (κ1) is 11.1. The molecule has 0 radical (unpaired) electrons. The van der Waals surface area contributed by atoms with Crippen LogP contribution in [0, 0.1) is 6.92 Å². The maximum atomic E-state index is 9.82. The highest BCUT2D eigenvalue weighted by Crippen LogP contribution is 2.30. The largest absolute Gasteiger partial charge is 0.507 e. The first-order valence-corrected chi connectivity index (χ1v) is 4.93. The zero-order chi connectivity index (χ0) is 10.9. The van der Waals surface area contributed by atoms with Crippen LogP contribution in [0.4, 0.5) is 0 Å². The number of quaternary nitrogens is 1. The summed E-state index contributed by atoms with van der Waals surface area (Å²) >= 11 is 0. The Morgan fingerprint density at radius 3 is 2.21 bits per heavy atom. The molecule has 0 bridgehead atoms. The van der Waals surface area contributed by atoms with Gasteiger partial charge in [0, 0.05) is 0 Å². The van der Waals surface area contributed by atoms with Crippen LogP contribution in [0.5, 0.6) is 5.75 Å². The normalized spacial score (nSPS) is 14.1. The fourth-order valence-corrected chi connectivity index (χ4v) is 1.42. The second kappa shape index (κ2) is 3.62. The van der Waals surface area contributed by atoms with Crippen LogP contribution in [-0.2, 0) is 0 Å². The molecule has 0 fully saturated rings. The van der Waals surface area contributed by atoms with E-state index >= 15 is 0 Å². The third-order valence-corrected chi connectivity index (χ3v) is 2.80. The molecule has 0 saturated heterocycles. The summed E-state index contributed by atoms with van der Waals surface area (Å²) in [5, 5.41) is 9.82. The molecular weight excluding hydrogens is 174 g/mol. The maximum Gasteiger partial charge on any atom is 0.124 e. The number of nitrogens with zero attached hydrogens (tertiary/aromatic N) is 1. The molecule has 1 aromatic rings. The zero-order valence-electron chi connectivity index (χ0n) is 9.70. The Bertz CT molecular complexity index is 326. The van der Waals surface area contributed by atoms with Gasteiger partial charge in [0.25, 0.3) is 0 Å². The quantitative estimate of drug-likeness (QED) is 0.717. The van der Waals surface area contributed by atoms with E-state index in [2.05, 4.69) is 28.1 Å². The Kier molecular flexibility index (Phi) is 2.86. The molecule has 0 spiro atoms. The lowest BCUT2D eigenvalue weighted by Crippen LogP contribution is -2.37. The second-order valence-electron chi connectivity index (χ2n) is 4.85. The monoisotopic (exact) mass is 194 g/mol. The molecule has 1 aromatic carbocycles. The lowest BCUT2D eigenvalue weighted by atomic mass is 10.0. The fourth-order valence-electron chi connectivity index (χ4n) is 1.42. The number of aromatic hydroxyl groups is 1. The molecule has 14 heavy (non-hydrogen) atoms. The van der Waals surface area contributed by atoms with E-state index in [0.29, 0.717) is 11.8 Å². The van der Waals surface area contributed by atoms with Crippen LogP contribution in [0.25, 0.3) is 0 Å². The van der Waals surface area contributed by atoms with Gasteiger partial charge in [-0.05, 0) is 31.5 Å². The van der Waals surface area contributed by atoms with Crippen molar-refractivity contribution in [1.82, 2.24) is 0 Å². The molecule has 0 heterocycles. The van der Waals surface area contributed by atoms with Gasteiger partial charge in [0.05, 0.1) is 26.7 Å². The Labute approximate surface area is 86.4 Å². The number of aryl methyl sites for hydroxylation is 1. The van der Waals surface area contributed by atoms with E-state index in [1.807, 2.05) is 25.1 Å². The van der Waals surface area contributed by atoms with Crippen LogP contribution >= 0.6 is 0 Å². The summed E-state index contributed by atoms with van der Waals surface area (Å²) in [6.07, 6.45) is 0. The minimum atomic E-state index is 0.301. The third-order valence-electron chi connectivity index (χ3n) is 2.80. The van der Waals surface area contributed by atoms with Crippen molar-refractivity contribution in [1.29, 1.82) is 0 Å². The van der Waals surface area contributed by atoms with E-state index in [1.165, 1.54) is 0 Å². The molecule has 0 aliphatic rings. The van der Waals surface area contributed by atoms with Gasteiger partial charge in [-0.15, -0.1) is 0 Å². The summed E-state index contributed by atoms with van der Waals surface area (Å²) in [6, 6.07) is 6.18. The fraction of sp³-hybridized carbons (Fsp3) is 0.500. The highest BCUT2D eigenvalue weighted by Gasteiger charge is 2.22. The molecule has 1 unspecified atom stereocenters. The number of benzene rings is 1. The summed E-state index contributed by atoms with van der Waals surface area (Å²) in [5.41, 5.74) is 2.11. The summed E-state index contributed by atoms with van der Waals surface area (Å²) in [7, 11) is 6.39. The van der Waals surface area contributed by atoms with Crippen molar-refractivity contribution in [2.24, 2.45) is 0 Å². The van der Waals surface area contributed by atoms with Gasteiger partial charge in [-0.3, -0.25) is 0 Å². The summed E-state index contributed by atoms with van der Waals surface area (Å²) < 4.78 is 0.816. The van der Waals surface area contributed by atoms with Crippen molar-refractivity contribution in [2.75, 3.05) is 21.1 Å². The molecule has 0 saturated carbocycles. The van der Waals surface area contributed by atoms with Crippen LogP contribution in [0.3, 0.4) is 0 Å². The summed E-state index contributed by atoms with van der Waals surface area (Å²) in [4.78, 5) is 0. The lowest BCUT2D eigenvalue weighted by Gasteiger charge is -2.32. The highest BCUT2D eigenvalue weighted by atomic mass is 16.3. The SMILES string of the molecule is Cc1ccc(C(C)[N+](C)(C)C)c(O)c1. The van der Waals surface area contributed by atoms with Crippen LogP contribution in [0.1, 0.15) is 24.1 Å². The van der Waals surface area contributed by atoms with E-state index in [-0.39, 0.29) is 0 Å². The second-order valence-corrected chi connectivity index (χ2v) is 4.85. The smallest absolute Gasteiger partial charge is 0.124 e. The molecule has 1 rings (SSSR count). The number of phenolic OH excluding ortho intramolecular Hbond substituents is 1. The highest BCUT2D eigenvalue weighted by molar-refractivity contribution is 5.37. The first-order chi connectivity index (χ1) is 6.32. The van der Waals surface area contributed by atoms with Gasteiger partial charge in [0.1, 0.15) is 11.8 Å². The van der Waals surface area contributed by atoms with Crippen molar-refractivity contribution in [3.63, 3.8) is 0 Å². The average molecular weight is 194 g/mol. The van der Waals surface area contributed by atoms with E-state index in [0.717, 1.165) is 15.6 Å². The molecule has 78 valence electrons. The van der Waals surface area contributed by atoms with Crippen LogP contribution in [0.15, 0.2) is 18.2 Å².